The van der Waals surface area contributed by atoms with Gasteiger partial charge in [-0.1, -0.05) is 59.6 Å². The molecule has 2 N–H and O–H groups in total. The molecule has 19 heavy (non-hydrogen) atoms. The molecular weight excluding hydrogens is 279 g/mol. The Morgan fingerprint density at radius 3 is 2.42 bits per heavy atom. The van der Waals surface area contributed by atoms with Gasteiger partial charge in [0, 0.05) is 15.6 Å². The monoisotopic (exact) mass is 292 g/mol. The summed E-state index contributed by atoms with van der Waals surface area (Å²) in [6.45, 7) is 1.95. The first-order chi connectivity index (χ1) is 9.08. The summed E-state index contributed by atoms with van der Waals surface area (Å²) in [7, 11) is 0. The predicted molar refractivity (Wildman–Crippen MR) is 82.0 cm³/mol. The highest BCUT2D eigenvalue weighted by molar-refractivity contribution is 6.35. The van der Waals surface area contributed by atoms with Crippen LogP contribution in [0.2, 0.25) is 10.0 Å². The minimum atomic E-state index is -0.120. The molecule has 0 radical (unpaired) electrons. The molecule has 0 aliphatic rings. The van der Waals surface area contributed by atoms with Gasteiger partial charge in [0.15, 0.2) is 0 Å². The summed E-state index contributed by atoms with van der Waals surface area (Å²) in [6.07, 6.45) is 0. The predicted octanol–water partition coefficient (Wildman–Crippen LogP) is 4.46. The maximum Gasteiger partial charge on any atom is 0.126 e. The van der Waals surface area contributed by atoms with Gasteiger partial charge < -0.3 is 5.73 Å². The number of nitrogens with zero attached hydrogens (tertiary/aromatic N) is 1. The van der Waals surface area contributed by atoms with Crippen LogP contribution in [0.3, 0.4) is 0 Å². The maximum atomic E-state index is 6.16. The van der Waals surface area contributed by atoms with Gasteiger partial charge in [0.25, 0.3) is 0 Å². The third-order valence-corrected chi connectivity index (χ3v) is 3.38. The lowest BCUT2D eigenvalue weighted by Gasteiger charge is -2.11. The van der Waals surface area contributed by atoms with Gasteiger partial charge in [-0.15, -0.1) is 0 Å². The third-order valence-electron chi connectivity index (χ3n) is 2.81. The molecule has 0 heterocycles. The van der Waals surface area contributed by atoms with Crippen LogP contribution < -0.4 is 5.73 Å². The number of hydrogen-bond acceptors (Lipinski definition) is 1. The van der Waals surface area contributed by atoms with Crippen molar-refractivity contribution >= 4 is 29.0 Å². The van der Waals surface area contributed by atoms with E-state index < -0.39 is 0 Å². The lowest BCUT2D eigenvalue weighted by molar-refractivity contribution is 0.819. The average Bonchev–Trinajstić information content (AvgIpc) is 2.39. The lowest BCUT2D eigenvalue weighted by atomic mass is 10.1. The van der Waals surface area contributed by atoms with Crippen LogP contribution in [-0.2, 0) is 0 Å². The van der Waals surface area contributed by atoms with E-state index in [9.17, 15) is 0 Å². The molecule has 4 heteroatoms. The summed E-state index contributed by atoms with van der Waals surface area (Å²) in [5.41, 5.74) is 7.80. The van der Waals surface area contributed by atoms with Gasteiger partial charge in [-0.05, 0) is 24.6 Å². The van der Waals surface area contributed by atoms with Crippen LogP contribution in [0.5, 0.6) is 0 Å². The van der Waals surface area contributed by atoms with Crippen molar-refractivity contribution in [1.82, 2.24) is 0 Å². The van der Waals surface area contributed by atoms with E-state index in [1.807, 2.05) is 43.3 Å². The minimum Gasteiger partial charge on any atom is -0.383 e. The van der Waals surface area contributed by atoms with Crippen LogP contribution in [0.1, 0.15) is 24.1 Å². The van der Waals surface area contributed by atoms with Crippen molar-refractivity contribution < 1.29 is 0 Å². The van der Waals surface area contributed by atoms with E-state index in [4.69, 9.17) is 28.9 Å². The molecule has 2 nitrogen and oxygen atoms in total. The standard InChI is InChI=1S/C15H14Cl2N2/c1-10(13-8-7-12(16)9-14(13)17)19-15(18)11-5-3-2-4-6-11/h2-10H,1H3,(H2,18,19). The first kappa shape index (κ1) is 13.9. The number of rotatable bonds is 3. The van der Waals surface area contributed by atoms with Crippen molar-refractivity contribution in [3.63, 3.8) is 0 Å². The highest BCUT2D eigenvalue weighted by atomic mass is 35.5. The van der Waals surface area contributed by atoms with Crippen molar-refractivity contribution in [2.24, 2.45) is 10.7 Å². The summed E-state index contributed by atoms with van der Waals surface area (Å²) < 4.78 is 0. The number of aliphatic imine (C=N–C) groups is 1. The fourth-order valence-corrected chi connectivity index (χ4v) is 2.37. The lowest BCUT2D eigenvalue weighted by Crippen LogP contribution is -2.14. The van der Waals surface area contributed by atoms with Gasteiger partial charge in [-0.25, -0.2) is 0 Å². The normalized spacial score (nSPS) is 13.3. The number of nitrogens with two attached hydrogens (primary N) is 1. The Morgan fingerprint density at radius 1 is 1.11 bits per heavy atom. The zero-order valence-electron chi connectivity index (χ0n) is 10.5. The van der Waals surface area contributed by atoms with Gasteiger partial charge in [-0.3, -0.25) is 4.99 Å². The van der Waals surface area contributed by atoms with E-state index >= 15 is 0 Å². The molecule has 1 unspecified atom stereocenters. The van der Waals surface area contributed by atoms with Gasteiger partial charge in [0.1, 0.15) is 5.84 Å². The van der Waals surface area contributed by atoms with E-state index in [1.165, 1.54) is 0 Å². The highest BCUT2D eigenvalue weighted by Crippen LogP contribution is 2.28. The molecular formula is C15H14Cl2N2. The second-order valence-electron chi connectivity index (χ2n) is 4.22. The first-order valence-electron chi connectivity index (χ1n) is 5.91. The van der Waals surface area contributed by atoms with E-state index in [0.29, 0.717) is 15.9 Å². The molecule has 1 atom stereocenters. The molecule has 0 bridgehead atoms. The summed E-state index contributed by atoms with van der Waals surface area (Å²) in [4.78, 5) is 4.47. The second kappa shape index (κ2) is 6.09. The van der Waals surface area contributed by atoms with Crippen LogP contribution in [0.25, 0.3) is 0 Å². The fourth-order valence-electron chi connectivity index (χ4n) is 1.80. The Kier molecular flexibility index (Phi) is 4.46. The number of amidine groups is 1. The summed E-state index contributed by atoms with van der Waals surface area (Å²) in [5.74, 6) is 0.499. The Morgan fingerprint density at radius 2 is 1.79 bits per heavy atom. The fraction of sp³-hybridized carbons (Fsp3) is 0.133. The summed E-state index contributed by atoms with van der Waals surface area (Å²) in [5, 5.41) is 1.21. The van der Waals surface area contributed by atoms with Crippen LogP contribution in [0.15, 0.2) is 53.5 Å². The second-order valence-corrected chi connectivity index (χ2v) is 5.07. The van der Waals surface area contributed by atoms with Gasteiger partial charge in [0.05, 0.1) is 6.04 Å². The Bertz CT molecular complexity index is 594. The Labute approximate surface area is 122 Å². The van der Waals surface area contributed by atoms with Gasteiger partial charge in [-0.2, -0.15) is 0 Å². The first-order valence-corrected chi connectivity index (χ1v) is 6.67. The SMILES string of the molecule is CC(N=C(N)c1ccccc1)c1ccc(Cl)cc1Cl. The summed E-state index contributed by atoms with van der Waals surface area (Å²) >= 11 is 12.0. The number of hydrogen-bond donors (Lipinski definition) is 1. The van der Waals surface area contributed by atoms with Crippen molar-refractivity contribution in [2.45, 2.75) is 13.0 Å². The highest BCUT2D eigenvalue weighted by Gasteiger charge is 2.10. The Balaban J connectivity index is 2.27. The van der Waals surface area contributed by atoms with Crippen molar-refractivity contribution in [3.8, 4) is 0 Å². The molecule has 2 aromatic rings. The van der Waals surface area contributed by atoms with Crippen molar-refractivity contribution in [3.05, 3.63) is 69.7 Å². The zero-order chi connectivity index (χ0) is 13.8. The van der Waals surface area contributed by atoms with Gasteiger partial charge >= 0.3 is 0 Å². The maximum absolute atomic E-state index is 6.16. The molecule has 0 aliphatic carbocycles. The van der Waals surface area contributed by atoms with E-state index in [2.05, 4.69) is 4.99 Å². The van der Waals surface area contributed by atoms with Crippen molar-refractivity contribution in [2.75, 3.05) is 0 Å². The van der Waals surface area contributed by atoms with Gasteiger partial charge in [0.2, 0.25) is 0 Å². The third kappa shape index (κ3) is 3.49. The topological polar surface area (TPSA) is 38.4 Å². The molecule has 2 rings (SSSR count). The van der Waals surface area contributed by atoms with Crippen LogP contribution in [-0.4, -0.2) is 5.84 Å². The van der Waals surface area contributed by atoms with Crippen LogP contribution >= 0.6 is 23.2 Å². The molecule has 2 aromatic carbocycles. The molecule has 0 saturated carbocycles. The smallest absolute Gasteiger partial charge is 0.126 e. The number of benzene rings is 2. The molecule has 0 saturated heterocycles. The average molecular weight is 293 g/mol. The quantitative estimate of drug-likeness (QED) is 0.658. The van der Waals surface area contributed by atoms with E-state index in [-0.39, 0.29) is 6.04 Å². The molecule has 0 amide bonds. The van der Waals surface area contributed by atoms with Crippen LogP contribution in [0, 0.1) is 0 Å². The van der Waals surface area contributed by atoms with Crippen LogP contribution in [0.4, 0.5) is 0 Å². The molecule has 0 aromatic heterocycles. The largest absolute Gasteiger partial charge is 0.383 e. The number of halogens is 2. The molecule has 98 valence electrons. The van der Waals surface area contributed by atoms with E-state index in [1.54, 1.807) is 12.1 Å². The molecule has 0 fully saturated rings. The molecule has 0 spiro atoms. The van der Waals surface area contributed by atoms with E-state index in [0.717, 1.165) is 11.1 Å². The zero-order valence-corrected chi connectivity index (χ0v) is 12.0. The molecule has 0 aliphatic heterocycles. The van der Waals surface area contributed by atoms with Crippen molar-refractivity contribution in [1.29, 1.82) is 0 Å². The Hall–Kier alpha value is -1.51. The summed E-state index contributed by atoms with van der Waals surface area (Å²) in [6, 6.07) is 14.9. The minimum absolute atomic E-state index is 0.120.